The van der Waals surface area contributed by atoms with Gasteiger partial charge in [0, 0.05) is 25.3 Å². The van der Waals surface area contributed by atoms with Crippen LogP contribution in [0.5, 0.6) is 0 Å². The van der Waals surface area contributed by atoms with E-state index >= 15 is 0 Å². The number of hydrogen-bond donors (Lipinski definition) is 2. The van der Waals surface area contributed by atoms with E-state index in [4.69, 9.17) is 5.73 Å². The highest BCUT2D eigenvalue weighted by molar-refractivity contribution is 7.98. The summed E-state index contributed by atoms with van der Waals surface area (Å²) < 4.78 is 0. The van der Waals surface area contributed by atoms with E-state index in [1.807, 2.05) is 13.2 Å². The summed E-state index contributed by atoms with van der Waals surface area (Å²) in [6.07, 6.45) is 5.19. The van der Waals surface area contributed by atoms with E-state index in [0.29, 0.717) is 38.0 Å². The van der Waals surface area contributed by atoms with Gasteiger partial charge < -0.3 is 16.0 Å². The van der Waals surface area contributed by atoms with Crippen LogP contribution < -0.4 is 11.1 Å². The number of primary amides is 1. The molecular weight excluding hydrogens is 354 g/mol. The number of hydrogen-bond acceptors (Lipinski definition) is 5. The van der Waals surface area contributed by atoms with Crippen molar-refractivity contribution < 1.29 is 19.2 Å². The number of carbonyl (C=O) groups is 4. The molecule has 0 bridgehead atoms. The maximum atomic E-state index is 13.0. The van der Waals surface area contributed by atoms with Gasteiger partial charge in [-0.05, 0) is 43.6 Å². The summed E-state index contributed by atoms with van der Waals surface area (Å²) in [4.78, 5) is 50.5. The van der Waals surface area contributed by atoms with Gasteiger partial charge in [-0.3, -0.25) is 19.2 Å². The van der Waals surface area contributed by atoms with E-state index in [1.54, 1.807) is 11.8 Å². The quantitative estimate of drug-likeness (QED) is 0.673. The highest BCUT2D eigenvalue weighted by Crippen LogP contribution is 2.28. The SMILES string of the molecule is CSCC[C@H](NC(=O)C1CC(=O)CCC1C)C(=O)N1CCC[C@H]1C(N)=O. The number of Topliss-reactive ketones (excluding diaryl/α,β-unsaturated/α-hetero) is 1. The van der Waals surface area contributed by atoms with Crippen LogP contribution in [0.4, 0.5) is 0 Å². The third-order valence-corrected chi connectivity index (χ3v) is 6.08. The molecule has 0 aromatic rings. The Morgan fingerprint density at radius 2 is 2.08 bits per heavy atom. The molecule has 1 heterocycles. The first kappa shape index (κ1) is 20.7. The maximum Gasteiger partial charge on any atom is 0.245 e. The Morgan fingerprint density at radius 1 is 1.35 bits per heavy atom. The molecule has 2 aliphatic rings. The average molecular weight is 384 g/mol. The van der Waals surface area contributed by atoms with Gasteiger partial charge in [-0.15, -0.1) is 0 Å². The lowest BCUT2D eigenvalue weighted by Crippen LogP contribution is -2.54. The number of amides is 3. The molecule has 2 fully saturated rings. The Kier molecular flexibility index (Phi) is 7.49. The predicted molar refractivity (Wildman–Crippen MR) is 100 cm³/mol. The van der Waals surface area contributed by atoms with Crippen LogP contribution in [-0.2, 0) is 19.2 Å². The minimum Gasteiger partial charge on any atom is -0.368 e. The van der Waals surface area contributed by atoms with Crippen LogP contribution in [0.1, 0.15) is 45.4 Å². The van der Waals surface area contributed by atoms with Crippen LogP contribution in [0, 0.1) is 11.8 Å². The van der Waals surface area contributed by atoms with Crippen LogP contribution in [0.15, 0.2) is 0 Å². The second-order valence-electron chi connectivity index (χ2n) is 7.30. The van der Waals surface area contributed by atoms with Gasteiger partial charge in [0.15, 0.2) is 0 Å². The molecule has 2 rings (SSSR count). The zero-order valence-electron chi connectivity index (χ0n) is 15.5. The fourth-order valence-electron chi connectivity index (χ4n) is 3.79. The second-order valence-corrected chi connectivity index (χ2v) is 8.29. The number of ketones is 1. The Morgan fingerprint density at radius 3 is 2.73 bits per heavy atom. The van der Waals surface area contributed by atoms with E-state index < -0.39 is 18.0 Å². The molecule has 0 aromatic heterocycles. The Balaban J connectivity index is 2.08. The summed E-state index contributed by atoms with van der Waals surface area (Å²) in [6.45, 7) is 2.45. The van der Waals surface area contributed by atoms with E-state index in [0.717, 1.165) is 6.42 Å². The highest BCUT2D eigenvalue weighted by atomic mass is 32.2. The largest absolute Gasteiger partial charge is 0.368 e. The van der Waals surface area contributed by atoms with Gasteiger partial charge in [0.1, 0.15) is 17.9 Å². The van der Waals surface area contributed by atoms with Crippen molar-refractivity contribution in [3.63, 3.8) is 0 Å². The number of nitrogens with two attached hydrogens (primary N) is 1. The summed E-state index contributed by atoms with van der Waals surface area (Å²) in [5.74, 6) is -0.435. The summed E-state index contributed by atoms with van der Waals surface area (Å²) >= 11 is 1.59. The summed E-state index contributed by atoms with van der Waals surface area (Å²) in [6, 6.07) is -1.27. The van der Waals surface area contributed by atoms with Gasteiger partial charge in [0.2, 0.25) is 17.7 Å². The monoisotopic (exact) mass is 383 g/mol. The molecule has 0 radical (unpaired) electrons. The van der Waals surface area contributed by atoms with Crippen LogP contribution in [0.25, 0.3) is 0 Å². The highest BCUT2D eigenvalue weighted by Gasteiger charge is 2.38. The molecule has 1 aliphatic heterocycles. The van der Waals surface area contributed by atoms with Crippen LogP contribution >= 0.6 is 11.8 Å². The molecule has 3 N–H and O–H groups in total. The van der Waals surface area contributed by atoms with Gasteiger partial charge in [-0.2, -0.15) is 11.8 Å². The van der Waals surface area contributed by atoms with Crippen LogP contribution in [0.3, 0.4) is 0 Å². The molecule has 26 heavy (non-hydrogen) atoms. The lowest BCUT2D eigenvalue weighted by Gasteiger charge is -2.31. The molecule has 1 aliphatic carbocycles. The van der Waals surface area contributed by atoms with Crippen molar-refractivity contribution in [1.29, 1.82) is 0 Å². The van der Waals surface area contributed by atoms with Gasteiger partial charge in [-0.25, -0.2) is 0 Å². The molecule has 3 amide bonds. The van der Waals surface area contributed by atoms with E-state index in [2.05, 4.69) is 5.32 Å². The third-order valence-electron chi connectivity index (χ3n) is 5.44. The van der Waals surface area contributed by atoms with Crippen molar-refractivity contribution in [2.45, 2.75) is 57.5 Å². The first-order valence-electron chi connectivity index (χ1n) is 9.26. The lowest BCUT2D eigenvalue weighted by atomic mass is 9.79. The number of likely N-dealkylation sites (tertiary alicyclic amines) is 1. The van der Waals surface area contributed by atoms with Crippen molar-refractivity contribution in [1.82, 2.24) is 10.2 Å². The molecule has 0 aromatic carbocycles. The number of carbonyl (C=O) groups excluding carboxylic acids is 4. The van der Waals surface area contributed by atoms with Gasteiger partial charge >= 0.3 is 0 Å². The van der Waals surface area contributed by atoms with Crippen molar-refractivity contribution in [3.05, 3.63) is 0 Å². The summed E-state index contributed by atoms with van der Waals surface area (Å²) in [5, 5.41) is 2.86. The average Bonchev–Trinajstić information content (AvgIpc) is 3.09. The minimum absolute atomic E-state index is 0.101. The molecule has 4 atom stereocenters. The Bertz CT molecular complexity index is 569. The number of thioether (sulfide) groups is 1. The predicted octanol–water partition coefficient (Wildman–Crippen LogP) is 0.706. The molecule has 7 nitrogen and oxygen atoms in total. The van der Waals surface area contributed by atoms with Crippen molar-refractivity contribution in [2.75, 3.05) is 18.6 Å². The topological polar surface area (TPSA) is 110 Å². The molecule has 1 saturated heterocycles. The van der Waals surface area contributed by atoms with E-state index in [-0.39, 0.29) is 35.9 Å². The third kappa shape index (κ3) is 4.99. The summed E-state index contributed by atoms with van der Waals surface area (Å²) in [7, 11) is 0. The van der Waals surface area contributed by atoms with Gasteiger partial charge in [-0.1, -0.05) is 6.92 Å². The fourth-order valence-corrected chi connectivity index (χ4v) is 4.26. The van der Waals surface area contributed by atoms with Gasteiger partial charge in [0.05, 0.1) is 0 Å². The van der Waals surface area contributed by atoms with Crippen molar-refractivity contribution >= 4 is 35.3 Å². The molecule has 146 valence electrons. The Labute approximate surface area is 158 Å². The molecule has 2 unspecified atom stereocenters. The standard InChI is InChI=1S/C18H29N3O4S/c1-11-5-6-12(22)10-13(11)17(24)20-14(7-9-26-2)18(25)21-8-3-4-15(21)16(19)23/h11,13-15H,3-10H2,1-2H3,(H2,19,23)(H,20,24)/t11?,13?,14-,15-/m0/s1. The number of nitrogens with one attached hydrogen (secondary N) is 1. The molecular formula is C18H29N3O4S. The lowest BCUT2D eigenvalue weighted by molar-refractivity contribution is -0.142. The van der Waals surface area contributed by atoms with E-state index in [9.17, 15) is 19.2 Å². The van der Waals surface area contributed by atoms with Crippen LogP contribution in [-0.4, -0.2) is 59.0 Å². The number of nitrogens with zero attached hydrogens (tertiary/aromatic N) is 1. The zero-order chi connectivity index (χ0) is 19.3. The summed E-state index contributed by atoms with van der Waals surface area (Å²) in [5.41, 5.74) is 5.42. The van der Waals surface area contributed by atoms with Crippen molar-refractivity contribution in [3.8, 4) is 0 Å². The second kappa shape index (κ2) is 9.39. The van der Waals surface area contributed by atoms with Crippen LogP contribution in [0.2, 0.25) is 0 Å². The van der Waals surface area contributed by atoms with Gasteiger partial charge in [0.25, 0.3) is 0 Å². The Hall–Kier alpha value is -1.57. The minimum atomic E-state index is -0.681. The molecule has 1 saturated carbocycles. The van der Waals surface area contributed by atoms with Crippen molar-refractivity contribution in [2.24, 2.45) is 17.6 Å². The zero-order valence-corrected chi connectivity index (χ0v) is 16.3. The maximum absolute atomic E-state index is 13.0. The van der Waals surface area contributed by atoms with E-state index in [1.165, 1.54) is 4.90 Å². The molecule has 0 spiro atoms. The normalized spacial score (nSPS) is 27.2. The fraction of sp³-hybridized carbons (Fsp3) is 0.778. The smallest absolute Gasteiger partial charge is 0.245 e. The first-order valence-corrected chi connectivity index (χ1v) is 10.6. The first-order chi connectivity index (χ1) is 12.3. The number of rotatable bonds is 7. The molecule has 8 heteroatoms.